The molecule has 0 saturated carbocycles. The highest BCUT2D eigenvalue weighted by Gasteiger charge is 2.47. The monoisotopic (exact) mass is 1060 g/mol. The van der Waals surface area contributed by atoms with Crippen molar-refractivity contribution in [2.24, 2.45) is 0 Å². The second kappa shape index (κ2) is 51.8. The van der Waals surface area contributed by atoms with E-state index >= 15 is 0 Å². The van der Waals surface area contributed by atoms with Crippen LogP contribution in [0.2, 0.25) is 0 Å². The topological polar surface area (TPSA) is 175 Å². The molecule has 1 amide bonds. The Kier molecular flexibility index (Phi) is 47.8. The van der Waals surface area contributed by atoms with Gasteiger partial charge in [-0.3, -0.25) is 9.59 Å². The summed E-state index contributed by atoms with van der Waals surface area (Å²) >= 11 is 0. The number of nitrogens with one attached hydrogen (secondary N) is 1. The molecule has 1 fully saturated rings. The van der Waals surface area contributed by atoms with E-state index in [9.17, 15) is 35.1 Å². The van der Waals surface area contributed by atoms with Crippen LogP contribution in [0.4, 0.5) is 0 Å². The van der Waals surface area contributed by atoms with Crippen molar-refractivity contribution in [3.05, 3.63) is 122 Å². The van der Waals surface area contributed by atoms with Crippen LogP contribution in [0.5, 0.6) is 0 Å². The highest BCUT2D eigenvalue weighted by atomic mass is 16.7. The van der Waals surface area contributed by atoms with E-state index in [0.29, 0.717) is 12.8 Å². The Morgan fingerprint density at radius 3 is 1.57 bits per heavy atom. The molecule has 1 aliphatic rings. The molecule has 0 bridgehead atoms. The van der Waals surface area contributed by atoms with Crippen LogP contribution in [-0.2, 0) is 23.8 Å². The normalized spacial score (nSPS) is 20.0. The molecule has 76 heavy (non-hydrogen) atoms. The number of amides is 1. The minimum Gasteiger partial charge on any atom is -0.454 e. The van der Waals surface area contributed by atoms with Crippen molar-refractivity contribution in [1.29, 1.82) is 0 Å². The van der Waals surface area contributed by atoms with Gasteiger partial charge in [-0.25, -0.2) is 0 Å². The van der Waals surface area contributed by atoms with Crippen molar-refractivity contribution < 1.29 is 49.3 Å². The zero-order valence-electron chi connectivity index (χ0n) is 47.6. The molecule has 0 aromatic carbocycles. The molecule has 0 aromatic rings. The second-order valence-corrected chi connectivity index (χ2v) is 20.1. The summed E-state index contributed by atoms with van der Waals surface area (Å²) in [6.45, 7) is 5.56. The average Bonchev–Trinajstić information content (AvgIpc) is 3.42. The Bertz CT molecular complexity index is 1690. The van der Waals surface area contributed by atoms with E-state index in [1.165, 1.54) is 70.6 Å². The van der Waals surface area contributed by atoms with Gasteiger partial charge in [-0.1, -0.05) is 245 Å². The van der Waals surface area contributed by atoms with Crippen LogP contribution in [-0.4, -0.2) is 99.6 Å². The number of unbranched alkanes of at least 4 members (excludes halogenated alkanes) is 21. The Morgan fingerprint density at radius 1 is 0.539 bits per heavy atom. The summed E-state index contributed by atoms with van der Waals surface area (Å²) < 4.78 is 17.5. The van der Waals surface area contributed by atoms with Crippen molar-refractivity contribution in [2.45, 2.75) is 262 Å². The second-order valence-electron chi connectivity index (χ2n) is 20.1. The maximum atomic E-state index is 13.4. The van der Waals surface area contributed by atoms with Crippen LogP contribution in [0.1, 0.15) is 213 Å². The maximum absolute atomic E-state index is 13.4. The van der Waals surface area contributed by atoms with Gasteiger partial charge in [0.2, 0.25) is 5.91 Å². The number of hydrogen-bond acceptors (Lipinski definition) is 10. The minimum absolute atomic E-state index is 0.0634. The van der Waals surface area contributed by atoms with Crippen LogP contribution in [0, 0.1) is 0 Å². The molecule has 432 valence electrons. The van der Waals surface area contributed by atoms with Gasteiger partial charge in [0.05, 0.1) is 25.4 Å². The number of aliphatic hydroxyl groups excluding tert-OH is 5. The Morgan fingerprint density at radius 2 is 1.00 bits per heavy atom. The highest BCUT2D eigenvalue weighted by Crippen LogP contribution is 2.26. The number of allylic oxidation sites excluding steroid dienone is 19. The fourth-order valence-electron chi connectivity index (χ4n) is 8.51. The fraction of sp³-hybridized carbons (Fsp3) is 0.662. The van der Waals surface area contributed by atoms with Gasteiger partial charge in [-0.2, -0.15) is 0 Å². The van der Waals surface area contributed by atoms with Gasteiger partial charge in [-0.05, 0) is 83.5 Å². The molecule has 0 spiro atoms. The van der Waals surface area contributed by atoms with Gasteiger partial charge < -0.3 is 45.1 Å². The lowest BCUT2D eigenvalue weighted by molar-refractivity contribution is -0.305. The fourth-order valence-corrected chi connectivity index (χ4v) is 8.51. The molecule has 0 aromatic heterocycles. The first kappa shape index (κ1) is 70.1. The molecule has 1 aliphatic heterocycles. The molecule has 0 radical (unpaired) electrons. The molecule has 8 atom stereocenters. The quantitative estimate of drug-likeness (QED) is 0.0149. The maximum Gasteiger partial charge on any atom is 0.306 e. The minimum atomic E-state index is -1.64. The molecule has 11 heteroatoms. The molecule has 0 aliphatic carbocycles. The SMILES string of the molecule is CC\C=C/C=C/C=C/C=C\C=C\C=C\CCCCCC(=O)OC1C(OCC(NC(=O)C(O)CCCCCCC/C=C\C/C=C\C/C=C\CCCCC)C(O)/C=C/CCCCCCCCCCCC)OC(CO)C(O)C1O. The third-order valence-electron chi connectivity index (χ3n) is 13.3. The average molecular weight is 1060 g/mol. The van der Waals surface area contributed by atoms with Crippen LogP contribution >= 0.6 is 0 Å². The van der Waals surface area contributed by atoms with Crippen molar-refractivity contribution in [3.8, 4) is 0 Å². The van der Waals surface area contributed by atoms with Crippen molar-refractivity contribution in [2.75, 3.05) is 13.2 Å². The summed E-state index contributed by atoms with van der Waals surface area (Å²) in [6.07, 6.45) is 60.8. The Balaban J connectivity index is 2.76. The van der Waals surface area contributed by atoms with E-state index in [0.717, 1.165) is 96.3 Å². The Hall–Kier alpha value is -3.94. The van der Waals surface area contributed by atoms with E-state index in [1.54, 1.807) is 6.08 Å². The smallest absolute Gasteiger partial charge is 0.306 e. The van der Waals surface area contributed by atoms with Crippen molar-refractivity contribution >= 4 is 11.9 Å². The lowest BCUT2D eigenvalue weighted by Crippen LogP contribution is -2.61. The lowest BCUT2D eigenvalue weighted by Gasteiger charge is -2.41. The summed E-state index contributed by atoms with van der Waals surface area (Å²) in [6, 6.07) is -1.05. The molecule has 11 nitrogen and oxygen atoms in total. The molecule has 1 saturated heterocycles. The number of carbonyl (C=O) groups excluding carboxylic acids is 2. The summed E-state index contributed by atoms with van der Waals surface area (Å²) in [5.41, 5.74) is 0. The van der Waals surface area contributed by atoms with Gasteiger partial charge in [0.25, 0.3) is 0 Å². The van der Waals surface area contributed by atoms with Crippen LogP contribution < -0.4 is 5.32 Å². The number of hydrogen-bond donors (Lipinski definition) is 6. The third-order valence-corrected chi connectivity index (χ3v) is 13.3. The van der Waals surface area contributed by atoms with E-state index in [1.807, 2.05) is 66.8 Å². The molecular weight excluding hydrogens is 955 g/mol. The van der Waals surface area contributed by atoms with Crippen molar-refractivity contribution in [3.63, 3.8) is 0 Å². The van der Waals surface area contributed by atoms with Gasteiger partial charge in [-0.15, -0.1) is 0 Å². The van der Waals surface area contributed by atoms with E-state index in [-0.39, 0.29) is 19.4 Å². The molecular formula is C65H107NO10. The first-order chi connectivity index (χ1) is 37.2. The molecule has 1 rings (SSSR count). The van der Waals surface area contributed by atoms with E-state index in [4.69, 9.17) is 14.2 Å². The standard InChI is InChI=1S/C65H107NO10/c1-4-7-10-13-16-19-22-25-27-29-31-32-34-37-40-43-46-49-52-58(69)64(73)66-56(57(68)51-48-45-42-39-36-24-21-18-15-12-9-6-3)55-74-65-63(62(72)61(71)59(54-67)75-65)76-60(70)53-50-47-44-41-38-35-33-30-28-26-23-20-17-14-11-8-5-2/h8,11,14,16-17,19-20,23,25-28,30-33,35,38,48,51,56-59,61-63,65,67-69,71-72H,4-7,9-10,12-13,15,18,21-22,24,29,34,36-37,39-47,49-50,52-55H2,1-3H3,(H,66,73)/b11-8-,17-14+,19-16-,23-20+,27-25-,28-26-,32-31-,33-30+,38-35+,51-48+. The Labute approximate surface area is 461 Å². The summed E-state index contributed by atoms with van der Waals surface area (Å²) in [4.78, 5) is 26.5. The number of carbonyl (C=O) groups is 2. The van der Waals surface area contributed by atoms with Gasteiger partial charge >= 0.3 is 5.97 Å². The summed E-state index contributed by atoms with van der Waals surface area (Å²) in [7, 11) is 0. The predicted molar refractivity (Wildman–Crippen MR) is 314 cm³/mol. The van der Waals surface area contributed by atoms with Crippen LogP contribution in [0.25, 0.3) is 0 Å². The number of esters is 1. The summed E-state index contributed by atoms with van der Waals surface area (Å²) in [5.74, 6) is -1.26. The zero-order chi connectivity index (χ0) is 55.4. The van der Waals surface area contributed by atoms with E-state index < -0.39 is 67.4 Å². The van der Waals surface area contributed by atoms with Crippen LogP contribution in [0.3, 0.4) is 0 Å². The van der Waals surface area contributed by atoms with Gasteiger partial charge in [0.1, 0.15) is 24.4 Å². The zero-order valence-corrected chi connectivity index (χ0v) is 47.6. The molecule has 6 N–H and O–H groups in total. The molecule has 8 unspecified atom stereocenters. The molecule has 1 heterocycles. The third kappa shape index (κ3) is 39.4. The number of rotatable bonds is 48. The van der Waals surface area contributed by atoms with Crippen molar-refractivity contribution in [1.82, 2.24) is 5.32 Å². The first-order valence-electron chi connectivity index (χ1n) is 29.9. The predicted octanol–water partition coefficient (Wildman–Crippen LogP) is 13.9. The van der Waals surface area contributed by atoms with Gasteiger partial charge in [0.15, 0.2) is 12.4 Å². The van der Waals surface area contributed by atoms with Crippen LogP contribution in [0.15, 0.2) is 122 Å². The largest absolute Gasteiger partial charge is 0.454 e. The highest BCUT2D eigenvalue weighted by molar-refractivity contribution is 5.80. The number of aliphatic hydroxyl groups is 5. The number of ether oxygens (including phenoxy) is 3. The summed E-state index contributed by atoms with van der Waals surface area (Å²) in [5, 5.41) is 56.9. The van der Waals surface area contributed by atoms with Gasteiger partial charge in [0, 0.05) is 6.42 Å². The van der Waals surface area contributed by atoms with E-state index in [2.05, 4.69) is 74.7 Å². The first-order valence-corrected chi connectivity index (χ1v) is 29.9. The lowest BCUT2D eigenvalue weighted by atomic mass is 9.99.